The van der Waals surface area contributed by atoms with Crippen LogP contribution in [0.1, 0.15) is 34.3 Å². The van der Waals surface area contributed by atoms with Crippen LogP contribution in [0.2, 0.25) is 0 Å². The van der Waals surface area contributed by atoms with Crippen molar-refractivity contribution >= 4 is 35.1 Å². The van der Waals surface area contributed by atoms with Crippen molar-refractivity contribution in [3.05, 3.63) is 58.9 Å². The highest BCUT2D eigenvalue weighted by atomic mass is 19.1. The molecule has 2 N–H and O–H groups in total. The lowest BCUT2D eigenvalue weighted by Gasteiger charge is -2.29. The molecule has 3 aliphatic heterocycles. The van der Waals surface area contributed by atoms with Gasteiger partial charge in [-0.15, -0.1) is 0 Å². The van der Waals surface area contributed by atoms with Gasteiger partial charge in [-0.1, -0.05) is 6.07 Å². The van der Waals surface area contributed by atoms with E-state index in [1.807, 2.05) is 0 Å². The number of urea groups is 1. The third-order valence-corrected chi connectivity index (χ3v) is 6.51. The van der Waals surface area contributed by atoms with Crippen LogP contribution in [-0.2, 0) is 27.3 Å². The number of rotatable bonds is 4. The van der Waals surface area contributed by atoms with Crippen LogP contribution < -0.4 is 15.5 Å². The van der Waals surface area contributed by atoms with Gasteiger partial charge in [0.05, 0.1) is 18.3 Å². The maximum atomic E-state index is 14.3. The Bertz CT molecular complexity index is 1220. The quantitative estimate of drug-likeness (QED) is 0.672. The van der Waals surface area contributed by atoms with E-state index in [9.17, 15) is 23.6 Å². The van der Waals surface area contributed by atoms with E-state index < -0.39 is 18.0 Å². The Morgan fingerprint density at radius 3 is 2.82 bits per heavy atom. The van der Waals surface area contributed by atoms with E-state index in [1.54, 1.807) is 30.3 Å². The van der Waals surface area contributed by atoms with Gasteiger partial charge in [-0.25, -0.2) is 9.18 Å². The zero-order chi connectivity index (χ0) is 24.0. The lowest BCUT2D eigenvalue weighted by molar-refractivity contribution is -0.136. The number of hydrogen-bond acceptors (Lipinski definition) is 5. The second kappa shape index (κ2) is 8.53. The molecule has 2 aromatic rings. The number of amides is 5. The molecule has 0 aliphatic carbocycles. The summed E-state index contributed by atoms with van der Waals surface area (Å²) in [5.74, 6) is -1.47. The first-order valence-corrected chi connectivity index (χ1v) is 11.0. The Balaban J connectivity index is 1.35. The molecule has 9 nitrogen and oxygen atoms in total. The van der Waals surface area contributed by atoms with Crippen molar-refractivity contribution in [1.82, 2.24) is 10.2 Å². The SMILES string of the molecule is COC[C@@H]1Cc2c(F)cccc2N1C(=O)Nc1ccc2c(c1)CN(C1CCC(=O)NC1=O)C2=O. The fourth-order valence-corrected chi connectivity index (χ4v) is 4.94. The molecule has 0 saturated carbocycles. The van der Waals surface area contributed by atoms with Crippen molar-refractivity contribution in [2.75, 3.05) is 23.9 Å². The average molecular weight is 466 g/mol. The zero-order valence-corrected chi connectivity index (χ0v) is 18.5. The maximum absolute atomic E-state index is 14.3. The van der Waals surface area contributed by atoms with Gasteiger partial charge in [0, 0.05) is 43.3 Å². The summed E-state index contributed by atoms with van der Waals surface area (Å²) in [5, 5.41) is 5.12. The van der Waals surface area contributed by atoms with Crippen molar-refractivity contribution in [1.29, 1.82) is 0 Å². The Labute approximate surface area is 194 Å². The number of carbonyl (C=O) groups is 4. The van der Waals surface area contributed by atoms with Crippen LogP contribution in [0.4, 0.5) is 20.6 Å². The molecule has 5 rings (SSSR count). The highest BCUT2D eigenvalue weighted by molar-refractivity contribution is 6.07. The molecule has 176 valence electrons. The summed E-state index contributed by atoms with van der Waals surface area (Å²) in [6.07, 6.45) is 0.807. The molecule has 0 spiro atoms. The van der Waals surface area contributed by atoms with Gasteiger partial charge in [-0.3, -0.25) is 24.6 Å². The number of benzene rings is 2. The minimum atomic E-state index is -0.707. The molecule has 2 atom stereocenters. The fourth-order valence-electron chi connectivity index (χ4n) is 4.94. The molecule has 2 aromatic carbocycles. The minimum absolute atomic E-state index is 0.179. The van der Waals surface area contributed by atoms with Crippen molar-refractivity contribution in [2.24, 2.45) is 0 Å². The van der Waals surface area contributed by atoms with Gasteiger partial charge in [0.15, 0.2) is 0 Å². The summed E-state index contributed by atoms with van der Waals surface area (Å²) < 4.78 is 19.6. The second-order valence-corrected chi connectivity index (χ2v) is 8.62. The predicted octanol–water partition coefficient (Wildman–Crippen LogP) is 2.20. The van der Waals surface area contributed by atoms with Crippen LogP contribution in [-0.4, -0.2) is 54.5 Å². The van der Waals surface area contributed by atoms with Gasteiger partial charge in [0.25, 0.3) is 5.91 Å². The van der Waals surface area contributed by atoms with Crippen LogP contribution in [0.15, 0.2) is 36.4 Å². The number of imide groups is 1. The van der Waals surface area contributed by atoms with E-state index in [0.29, 0.717) is 34.5 Å². The first kappa shape index (κ1) is 22.0. The molecule has 10 heteroatoms. The Morgan fingerprint density at radius 2 is 2.06 bits per heavy atom. The van der Waals surface area contributed by atoms with E-state index >= 15 is 0 Å². The number of hydrogen-bond donors (Lipinski definition) is 2. The van der Waals surface area contributed by atoms with Gasteiger partial charge in [-0.2, -0.15) is 0 Å². The molecule has 1 unspecified atom stereocenters. The number of halogens is 1. The van der Waals surface area contributed by atoms with Crippen molar-refractivity contribution in [2.45, 2.75) is 37.9 Å². The summed E-state index contributed by atoms with van der Waals surface area (Å²) in [5.41, 5.74) is 2.57. The summed E-state index contributed by atoms with van der Waals surface area (Å²) in [4.78, 5) is 52.7. The van der Waals surface area contributed by atoms with Crippen LogP contribution in [0.25, 0.3) is 0 Å². The molecular weight excluding hydrogens is 443 g/mol. The fraction of sp³-hybridized carbons (Fsp3) is 0.333. The summed E-state index contributed by atoms with van der Waals surface area (Å²) in [6, 6.07) is 8.08. The van der Waals surface area contributed by atoms with Gasteiger partial charge in [0.1, 0.15) is 11.9 Å². The Hall–Kier alpha value is -3.79. The van der Waals surface area contributed by atoms with E-state index in [-0.39, 0.29) is 49.7 Å². The molecule has 3 heterocycles. The predicted molar refractivity (Wildman–Crippen MR) is 120 cm³/mol. The molecular formula is C24H23FN4O5. The molecule has 1 fully saturated rings. The number of nitrogens with zero attached hydrogens (tertiary/aromatic N) is 2. The first-order valence-electron chi connectivity index (χ1n) is 11.0. The van der Waals surface area contributed by atoms with E-state index in [0.717, 1.165) is 0 Å². The average Bonchev–Trinajstić information content (AvgIpc) is 3.32. The van der Waals surface area contributed by atoms with Gasteiger partial charge in [-0.05, 0) is 42.3 Å². The summed E-state index contributed by atoms with van der Waals surface area (Å²) in [7, 11) is 1.53. The van der Waals surface area contributed by atoms with Crippen LogP contribution >= 0.6 is 0 Å². The number of ether oxygens (including phenoxy) is 1. The van der Waals surface area contributed by atoms with E-state index in [1.165, 1.54) is 23.0 Å². The smallest absolute Gasteiger partial charge is 0.326 e. The molecule has 0 aromatic heterocycles. The van der Waals surface area contributed by atoms with Crippen molar-refractivity contribution < 1.29 is 28.3 Å². The van der Waals surface area contributed by atoms with Gasteiger partial charge in [0.2, 0.25) is 11.8 Å². The largest absolute Gasteiger partial charge is 0.383 e. The lowest BCUT2D eigenvalue weighted by atomic mass is 10.0. The number of piperidine rings is 1. The molecule has 3 aliphatic rings. The maximum Gasteiger partial charge on any atom is 0.326 e. The molecule has 0 radical (unpaired) electrons. The number of methoxy groups -OCH3 is 1. The topological polar surface area (TPSA) is 108 Å². The third kappa shape index (κ3) is 3.69. The number of nitrogens with one attached hydrogen (secondary N) is 2. The van der Waals surface area contributed by atoms with E-state index in [2.05, 4.69) is 10.6 Å². The Morgan fingerprint density at radius 1 is 1.24 bits per heavy atom. The Kier molecular flexibility index (Phi) is 5.52. The summed E-state index contributed by atoms with van der Waals surface area (Å²) >= 11 is 0. The first-order chi connectivity index (χ1) is 16.4. The van der Waals surface area contributed by atoms with E-state index in [4.69, 9.17) is 4.74 Å². The van der Waals surface area contributed by atoms with Crippen LogP contribution in [0.5, 0.6) is 0 Å². The molecule has 5 amide bonds. The normalized spacial score (nSPS) is 21.4. The second-order valence-electron chi connectivity index (χ2n) is 8.62. The summed E-state index contributed by atoms with van der Waals surface area (Å²) in [6.45, 7) is 0.454. The number of anilines is 2. The van der Waals surface area contributed by atoms with Gasteiger partial charge < -0.3 is 15.0 Å². The monoisotopic (exact) mass is 466 g/mol. The van der Waals surface area contributed by atoms with Gasteiger partial charge >= 0.3 is 6.03 Å². The molecule has 34 heavy (non-hydrogen) atoms. The zero-order valence-electron chi connectivity index (χ0n) is 18.5. The number of fused-ring (bicyclic) bond motifs is 2. The molecule has 0 bridgehead atoms. The minimum Gasteiger partial charge on any atom is -0.383 e. The van der Waals surface area contributed by atoms with Crippen LogP contribution in [0.3, 0.4) is 0 Å². The molecule has 1 saturated heterocycles. The van der Waals surface area contributed by atoms with Crippen LogP contribution in [0, 0.1) is 5.82 Å². The lowest BCUT2D eigenvalue weighted by Crippen LogP contribution is -2.52. The third-order valence-electron chi connectivity index (χ3n) is 6.51. The standard InChI is InChI=1S/C24H23FN4O5/c1-34-12-15-10-17-18(25)3-2-4-19(17)29(15)24(33)26-14-5-6-16-13(9-14)11-28(23(16)32)20-7-8-21(30)27-22(20)31/h2-6,9,15,20H,7-8,10-12H2,1H3,(H,26,33)(H,27,30,31)/t15-,20?/m0/s1. The highest BCUT2D eigenvalue weighted by Gasteiger charge is 2.39. The number of carbonyl (C=O) groups excluding carboxylic acids is 4. The highest BCUT2D eigenvalue weighted by Crippen LogP contribution is 2.35. The van der Waals surface area contributed by atoms with Crippen molar-refractivity contribution in [3.8, 4) is 0 Å². The van der Waals surface area contributed by atoms with Crippen molar-refractivity contribution in [3.63, 3.8) is 0 Å².